The summed E-state index contributed by atoms with van der Waals surface area (Å²) >= 11 is 5.87. The number of aromatic nitrogens is 2. The Morgan fingerprint density at radius 2 is 1.97 bits per heavy atom. The number of halogens is 1. The molecule has 2 heterocycles. The summed E-state index contributed by atoms with van der Waals surface area (Å²) in [5.74, 6) is 2.37. The SMILES string of the molecule is CN(Cc1cc(N(C)C)nc(C2CCCCN2)n1)C(=O)CCOc1ccc(Cl)cc1. The third-order valence-electron chi connectivity index (χ3n) is 5.09. The summed E-state index contributed by atoms with van der Waals surface area (Å²) in [6.07, 6.45) is 3.69. The zero-order chi connectivity index (χ0) is 21.5. The maximum Gasteiger partial charge on any atom is 0.226 e. The van der Waals surface area contributed by atoms with Crippen LogP contribution in [0.3, 0.4) is 0 Å². The van der Waals surface area contributed by atoms with Crippen LogP contribution in [-0.4, -0.2) is 55.1 Å². The van der Waals surface area contributed by atoms with Crippen LogP contribution in [0, 0.1) is 0 Å². The number of anilines is 1. The Balaban J connectivity index is 1.59. The number of carbonyl (C=O) groups is 1. The van der Waals surface area contributed by atoms with Crippen molar-refractivity contribution in [2.45, 2.75) is 38.3 Å². The van der Waals surface area contributed by atoms with Gasteiger partial charge < -0.3 is 19.9 Å². The first-order valence-corrected chi connectivity index (χ1v) is 10.7. The zero-order valence-electron chi connectivity index (χ0n) is 17.9. The number of rotatable bonds is 8. The van der Waals surface area contributed by atoms with Crippen molar-refractivity contribution in [3.63, 3.8) is 0 Å². The molecule has 1 atom stereocenters. The Bertz CT molecular complexity index is 838. The summed E-state index contributed by atoms with van der Waals surface area (Å²) in [7, 11) is 5.72. The first kappa shape index (κ1) is 22.3. The van der Waals surface area contributed by atoms with Crippen molar-refractivity contribution in [2.24, 2.45) is 0 Å². The van der Waals surface area contributed by atoms with Crippen molar-refractivity contribution >= 4 is 23.3 Å². The van der Waals surface area contributed by atoms with E-state index in [1.165, 1.54) is 12.8 Å². The molecule has 1 saturated heterocycles. The second-order valence-electron chi connectivity index (χ2n) is 7.77. The number of nitrogens with one attached hydrogen (secondary N) is 1. The number of hydrogen-bond donors (Lipinski definition) is 1. The average molecular weight is 432 g/mol. The lowest BCUT2D eigenvalue weighted by atomic mass is 10.0. The Labute approximate surface area is 183 Å². The predicted octanol–water partition coefficient (Wildman–Crippen LogP) is 3.44. The molecule has 1 unspecified atom stereocenters. The van der Waals surface area contributed by atoms with E-state index in [0.717, 1.165) is 30.3 Å². The van der Waals surface area contributed by atoms with Gasteiger partial charge in [-0.3, -0.25) is 4.79 Å². The van der Waals surface area contributed by atoms with E-state index in [2.05, 4.69) is 5.32 Å². The largest absolute Gasteiger partial charge is 0.493 e. The molecular formula is C22H30ClN5O2. The van der Waals surface area contributed by atoms with Gasteiger partial charge in [-0.2, -0.15) is 0 Å². The number of amides is 1. The van der Waals surface area contributed by atoms with E-state index < -0.39 is 0 Å². The first-order chi connectivity index (χ1) is 14.4. The topological polar surface area (TPSA) is 70.6 Å². The second-order valence-corrected chi connectivity index (χ2v) is 8.21. The molecule has 0 spiro atoms. The molecule has 1 aliphatic heterocycles. The van der Waals surface area contributed by atoms with Crippen LogP contribution in [-0.2, 0) is 11.3 Å². The zero-order valence-corrected chi connectivity index (χ0v) is 18.7. The first-order valence-electron chi connectivity index (χ1n) is 10.3. The molecule has 162 valence electrons. The minimum Gasteiger partial charge on any atom is -0.493 e. The summed E-state index contributed by atoms with van der Waals surface area (Å²) in [5.41, 5.74) is 0.838. The fourth-order valence-corrected chi connectivity index (χ4v) is 3.48. The quantitative estimate of drug-likeness (QED) is 0.690. The molecule has 8 heteroatoms. The Morgan fingerprint density at radius 3 is 2.63 bits per heavy atom. The van der Waals surface area contributed by atoms with Crippen molar-refractivity contribution in [3.05, 3.63) is 46.9 Å². The van der Waals surface area contributed by atoms with Crippen molar-refractivity contribution in [2.75, 3.05) is 39.2 Å². The second kappa shape index (κ2) is 10.6. The van der Waals surface area contributed by atoms with Crippen molar-refractivity contribution < 1.29 is 9.53 Å². The molecule has 0 saturated carbocycles. The molecule has 1 aromatic carbocycles. The van der Waals surface area contributed by atoms with E-state index in [-0.39, 0.29) is 11.9 Å². The van der Waals surface area contributed by atoms with Crippen LogP contribution < -0.4 is 15.0 Å². The number of benzene rings is 1. The van der Waals surface area contributed by atoms with E-state index >= 15 is 0 Å². The van der Waals surface area contributed by atoms with Crippen LogP contribution in [0.1, 0.15) is 43.2 Å². The summed E-state index contributed by atoms with van der Waals surface area (Å²) in [6.45, 7) is 1.74. The van der Waals surface area contributed by atoms with Crippen molar-refractivity contribution in [1.82, 2.24) is 20.2 Å². The van der Waals surface area contributed by atoms with E-state index in [9.17, 15) is 4.79 Å². The Kier molecular flexibility index (Phi) is 7.87. The molecule has 7 nitrogen and oxygen atoms in total. The maximum absolute atomic E-state index is 12.6. The summed E-state index contributed by atoms with van der Waals surface area (Å²) < 4.78 is 5.63. The standard InChI is InChI=1S/C22H30ClN5O2/c1-27(2)20-14-17(25-22(26-20)19-6-4-5-12-24-19)15-28(3)21(29)11-13-30-18-9-7-16(23)8-10-18/h7-10,14,19,24H,4-6,11-13,15H2,1-3H3. The van der Waals surface area contributed by atoms with Gasteiger partial charge in [0.2, 0.25) is 5.91 Å². The van der Waals surface area contributed by atoms with Gasteiger partial charge in [-0.25, -0.2) is 9.97 Å². The molecule has 0 radical (unpaired) electrons. The molecular weight excluding hydrogens is 402 g/mol. The molecule has 1 fully saturated rings. The van der Waals surface area contributed by atoms with Crippen LogP contribution in [0.5, 0.6) is 5.75 Å². The molecule has 1 aromatic heterocycles. The van der Waals surface area contributed by atoms with E-state index in [1.54, 1.807) is 36.2 Å². The lowest BCUT2D eigenvalue weighted by Gasteiger charge is -2.25. The molecule has 2 aromatic rings. The number of hydrogen-bond acceptors (Lipinski definition) is 6. The van der Waals surface area contributed by atoms with Crippen LogP contribution in [0.25, 0.3) is 0 Å². The highest BCUT2D eigenvalue weighted by atomic mass is 35.5. The van der Waals surface area contributed by atoms with Gasteiger partial charge in [0.1, 0.15) is 17.4 Å². The van der Waals surface area contributed by atoms with Gasteiger partial charge in [0.15, 0.2) is 0 Å². The fraction of sp³-hybridized carbons (Fsp3) is 0.500. The average Bonchev–Trinajstić information content (AvgIpc) is 2.75. The smallest absolute Gasteiger partial charge is 0.226 e. The molecule has 0 aliphatic carbocycles. The van der Waals surface area contributed by atoms with E-state index in [0.29, 0.717) is 30.3 Å². The monoisotopic (exact) mass is 431 g/mol. The van der Waals surface area contributed by atoms with Crippen LogP contribution >= 0.6 is 11.6 Å². The summed E-state index contributed by atoms with van der Waals surface area (Å²) in [5, 5.41) is 4.16. The summed E-state index contributed by atoms with van der Waals surface area (Å²) in [4.78, 5) is 25.7. The normalized spacial score (nSPS) is 16.2. The lowest BCUT2D eigenvalue weighted by molar-refractivity contribution is -0.131. The molecule has 1 amide bonds. The fourth-order valence-electron chi connectivity index (χ4n) is 3.35. The molecule has 1 N–H and O–H groups in total. The van der Waals surface area contributed by atoms with Crippen LogP contribution in [0.2, 0.25) is 5.02 Å². The third kappa shape index (κ3) is 6.31. The van der Waals surface area contributed by atoms with Crippen molar-refractivity contribution in [1.29, 1.82) is 0 Å². The van der Waals surface area contributed by atoms with Crippen molar-refractivity contribution in [3.8, 4) is 5.75 Å². The van der Waals surface area contributed by atoms with Crippen LogP contribution in [0.15, 0.2) is 30.3 Å². The molecule has 3 rings (SSSR count). The minimum atomic E-state index is 0.00585. The predicted molar refractivity (Wildman–Crippen MR) is 119 cm³/mol. The maximum atomic E-state index is 12.6. The van der Waals surface area contributed by atoms with Gasteiger partial charge in [-0.1, -0.05) is 18.0 Å². The number of piperidine rings is 1. The van der Waals surface area contributed by atoms with Gasteiger partial charge in [0, 0.05) is 32.2 Å². The van der Waals surface area contributed by atoms with Gasteiger partial charge in [0.25, 0.3) is 0 Å². The van der Waals surface area contributed by atoms with Gasteiger partial charge in [-0.05, 0) is 43.7 Å². The molecule has 0 bridgehead atoms. The Hall–Kier alpha value is -2.38. The highest BCUT2D eigenvalue weighted by molar-refractivity contribution is 6.30. The highest BCUT2D eigenvalue weighted by Crippen LogP contribution is 2.23. The Morgan fingerprint density at radius 1 is 1.20 bits per heavy atom. The molecule has 30 heavy (non-hydrogen) atoms. The number of carbonyl (C=O) groups excluding carboxylic acids is 1. The number of ether oxygens (including phenoxy) is 1. The van der Waals surface area contributed by atoms with Gasteiger partial charge >= 0.3 is 0 Å². The van der Waals surface area contributed by atoms with Crippen LogP contribution in [0.4, 0.5) is 5.82 Å². The highest BCUT2D eigenvalue weighted by Gasteiger charge is 2.20. The lowest BCUT2D eigenvalue weighted by Crippen LogP contribution is -2.31. The minimum absolute atomic E-state index is 0.00585. The third-order valence-corrected chi connectivity index (χ3v) is 5.34. The summed E-state index contributed by atoms with van der Waals surface area (Å²) in [6, 6.07) is 9.23. The van der Waals surface area contributed by atoms with E-state index in [1.807, 2.05) is 25.1 Å². The van der Waals surface area contributed by atoms with Gasteiger partial charge in [0.05, 0.1) is 31.3 Å². The number of nitrogens with zero attached hydrogens (tertiary/aromatic N) is 4. The van der Waals surface area contributed by atoms with Gasteiger partial charge in [-0.15, -0.1) is 0 Å². The molecule has 1 aliphatic rings. The van der Waals surface area contributed by atoms with E-state index in [4.69, 9.17) is 26.3 Å².